The predicted molar refractivity (Wildman–Crippen MR) is 96.2 cm³/mol. The summed E-state index contributed by atoms with van der Waals surface area (Å²) in [5.41, 5.74) is 0.0556. The van der Waals surface area contributed by atoms with Gasteiger partial charge in [-0.1, -0.05) is 12.1 Å². The number of alkyl halides is 3. The first-order valence-electron chi connectivity index (χ1n) is 8.93. The van der Waals surface area contributed by atoms with E-state index in [1.807, 2.05) is 0 Å². The number of carbonyl (C=O) groups is 1. The van der Waals surface area contributed by atoms with Gasteiger partial charge < -0.3 is 20.1 Å². The Morgan fingerprint density at radius 3 is 2.75 bits per heavy atom. The van der Waals surface area contributed by atoms with Gasteiger partial charge in [0, 0.05) is 19.1 Å². The Labute approximate surface area is 160 Å². The molecule has 2 aliphatic rings. The Kier molecular flexibility index (Phi) is 6.25. The molecule has 2 unspecified atom stereocenters. The standard InChI is InChI=1S/C19H22F3N3O3/c20-19(21,22)16-2-1-8-23-18(16)24-14-7-9-25(10-14)17(27)12-28-15-5-3-13(11-26)4-6-15/h1-6,8,14,18,23-24,26H,7,9-12H2. The Bertz CT molecular complexity index is 747. The molecule has 2 heterocycles. The molecular weight excluding hydrogens is 375 g/mol. The Hall–Kier alpha value is -2.52. The number of dihydropyridines is 1. The highest BCUT2D eigenvalue weighted by atomic mass is 19.4. The van der Waals surface area contributed by atoms with Crippen LogP contribution in [0.25, 0.3) is 0 Å². The van der Waals surface area contributed by atoms with Crippen LogP contribution in [0, 0.1) is 0 Å². The van der Waals surface area contributed by atoms with Crippen molar-refractivity contribution >= 4 is 5.91 Å². The smallest absolute Gasteiger partial charge is 0.415 e. The van der Waals surface area contributed by atoms with Gasteiger partial charge in [0.2, 0.25) is 0 Å². The summed E-state index contributed by atoms with van der Waals surface area (Å²) in [6, 6.07) is 6.49. The first-order chi connectivity index (χ1) is 13.4. The number of rotatable bonds is 6. The molecule has 1 saturated heterocycles. The molecule has 2 atom stereocenters. The van der Waals surface area contributed by atoms with Gasteiger partial charge in [-0.3, -0.25) is 10.1 Å². The summed E-state index contributed by atoms with van der Waals surface area (Å²) in [5.74, 6) is 0.288. The highest BCUT2D eigenvalue weighted by molar-refractivity contribution is 5.78. The third-order valence-corrected chi connectivity index (χ3v) is 4.68. The van der Waals surface area contributed by atoms with Crippen LogP contribution in [-0.4, -0.2) is 54.0 Å². The second kappa shape index (κ2) is 8.66. The molecule has 28 heavy (non-hydrogen) atoms. The van der Waals surface area contributed by atoms with E-state index in [2.05, 4.69) is 10.6 Å². The lowest BCUT2D eigenvalue weighted by molar-refractivity contribution is -0.132. The van der Waals surface area contributed by atoms with E-state index in [1.165, 1.54) is 12.3 Å². The molecule has 0 aromatic heterocycles. The minimum atomic E-state index is -4.43. The van der Waals surface area contributed by atoms with Crippen LogP contribution in [0.5, 0.6) is 5.75 Å². The number of allylic oxidation sites excluding steroid dienone is 2. The van der Waals surface area contributed by atoms with Gasteiger partial charge in [0.1, 0.15) is 11.9 Å². The van der Waals surface area contributed by atoms with Crippen molar-refractivity contribution in [3.8, 4) is 5.75 Å². The molecule has 1 aromatic rings. The molecule has 2 aliphatic heterocycles. The van der Waals surface area contributed by atoms with Crippen LogP contribution >= 0.6 is 0 Å². The van der Waals surface area contributed by atoms with Gasteiger partial charge in [-0.15, -0.1) is 0 Å². The van der Waals surface area contributed by atoms with Gasteiger partial charge >= 0.3 is 6.18 Å². The molecule has 3 N–H and O–H groups in total. The quantitative estimate of drug-likeness (QED) is 0.681. The maximum atomic E-state index is 13.1. The lowest BCUT2D eigenvalue weighted by atomic mass is 10.1. The molecule has 0 spiro atoms. The third-order valence-electron chi connectivity index (χ3n) is 4.68. The molecule has 0 radical (unpaired) electrons. The number of carbonyl (C=O) groups excluding carboxylic acids is 1. The summed E-state index contributed by atoms with van der Waals surface area (Å²) >= 11 is 0. The Morgan fingerprint density at radius 2 is 2.07 bits per heavy atom. The van der Waals surface area contributed by atoms with Gasteiger partial charge in [0.25, 0.3) is 5.91 Å². The number of benzene rings is 1. The SMILES string of the molecule is O=C(COc1ccc(CO)cc1)N1CCC(NC2NC=CC=C2C(F)(F)F)C1. The number of nitrogens with zero attached hydrogens (tertiary/aromatic N) is 1. The largest absolute Gasteiger partial charge is 0.484 e. The number of halogens is 3. The maximum Gasteiger partial charge on any atom is 0.415 e. The van der Waals surface area contributed by atoms with Gasteiger partial charge in [-0.05, 0) is 42.5 Å². The first kappa shape index (κ1) is 20.2. The van der Waals surface area contributed by atoms with Crippen molar-refractivity contribution in [2.45, 2.75) is 31.4 Å². The summed E-state index contributed by atoms with van der Waals surface area (Å²) in [7, 11) is 0. The van der Waals surface area contributed by atoms with E-state index in [-0.39, 0.29) is 25.2 Å². The third kappa shape index (κ3) is 5.05. The van der Waals surface area contributed by atoms with Crippen molar-refractivity contribution in [2.75, 3.05) is 19.7 Å². The summed E-state index contributed by atoms with van der Waals surface area (Å²) in [6.45, 7) is 0.553. The van der Waals surface area contributed by atoms with Crippen molar-refractivity contribution < 1.29 is 27.8 Å². The monoisotopic (exact) mass is 397 g/mol. The summed E-state index contributed by atoms with van der Waals surface area (Å²) in [6.07, 6.45) is -1.09. The van der Waals surface area contributed by atoms with E-state index in [0.717, 1.165) is 11.6 Å². The average molecular weight is 397 g/mol. The molecular formula is C19H22F3N3O3. The van der Waals surface area contributed by atoms with E-state index >= 15 is 0 Å². The molecule has 3 rings (SSSR count). The number of ether oxygens (including phenoxy) is 1. The minimum absolute atomic E-state index is 0.0712. The molecule has 9 heteroatoms. The molecule has 6 nitrogen and oxygen atoms in total. The van der Waals surface area contributed by atoms with E-state index in [9.17, 15) is 18.0 Å². The van der Waals surface area contributed by atoms with E-state index in [0.29, 0.717) is 25.3 Å². The highest BCUT2D eigenvalue weighted by Gasteiger charge is 2.40. The molecule has 0 aliphatic carbocycles. The normalized spacial score (nSPS) is 22.0. The number of aliphatic hydroxyl groups excluding tert-OH is 1. The number of aliphatic hydroxyl groups is 1. The summed E-state index contributed by atoms with van der Waals surface area (Å²) in [4.78, 5) is 13.9. The van der Waals surface area contributed by atoms with Gasteiger partial charge in [0.05, 0.1) is 12.2 Å². The Morgan fingerprint density at radius 1 is 1.32 bits per heavy atom. The molecule has 1 aromatic carbocycles. The van der Waals surface area contributed by atoms with Crippen LogP contribution in [-0.2, 0) is 11.4 Å². The number of hydrogen-bond acceptors (Lipinski definition) is 5. The van der Waals surface area contributed by atoms with Gasteiger partial charge in [0.15, 0.2) is 6.61 Å². The topological polar surface area (TPSA) is 73.8 Å². The lowest BCUT2D eigenvalue weighted by Crippen LogP contribution is -2.51. The van der Waals surface area contributed by atoms with Crippen LogP contribution in [0.4, 0.5) is 13.2 Å². The van der Waals surface area contributed by atoms with Crippen LogP contribution in [0.2, 0.25) is 0 Å². The van der Waals surface area contributed by atoms with Crippen LogP contribution in [0.15, 0.2) is 48.2 Å². The number of amides is 1. The number of hydrogen-bond donors (Lipinski definition) is 3. The Balaban J connectivity index is 1.48. The zero-order valence-electron chi connectivity index (χ0n) is 15.1. The van der Waals surface area contributed by atoms with Crippen LogP contribution in [0.3, 0.4) is 0 Å². The fourth-order valence-electron chi connectivity index (χ4n) is 3.17. The average Bonchev–Trinajstić information content (AvgIpc) is 3.14. The van der Waals surface area contributed by atoms with Crippen molar-refractivity contribution in [3.63, 3.8) is 0 Å². The predicted octanol–water partition coefficient (Wildman–Crippen LogP) is 1.68. The van der Waals surface area contributed by atoms with Crippen molar-refractivity contribution in [1.29, 1.82) is 0 Å². The summed E-state index contributed by atoms with van der Waals surface area (Å²) < 4.78 is 44.8. The molecule has 0 saturated carbocycles. The minimum Gasteiger partial charge on any atom is -0.484 e. The first-order valence-corrected chi connectivity index (χ1v) is 8.93. The second-order valence-electron chi connectivity index (χ2n) is 6.66. The maximum absolute atomic E-state index is 13.1. The van der Waals surface area contributed by atoms with E-state index < -0.39 is 17.9 Å². The van der Waals surface area contributed by atoms with Crippen molar-refractivity contribution in [3.05, 3.63) is 53.8 Å². The van der Waals surface area contributed by atoms with Gasteiger partial charge in [-0.25, -0.2) is 0 Å². The summed E-state index contributed by atoms with van der Waals surface area (Å²) in [5, 5.41) is 14.6. The fourth-order valence-corrected chi connectivity index (χ4v) is 3.17. The van der Waals surface area contributed by atoms with Crippen molar-refractivity contribution in [1.82, 2.24) is 15.5 Å². The highest BCUT2D eigenvalue weighted by Crippen LogP contribution is 2.29. The lowest BCUT2D eigenvalue weighted by Gasteiger charge is -2.28. The number of likely N-dealkylation sites (tertiary alicyclic amines) is 1. The van der Waals surface area contributed by atoms with E-state index in [1.54, 1.807) is 29.2 Å². The van der Waals surface area contributed by atoms with Gasteiger partial charge in [-0.2, -0.15) is 13.2 Å². The molecule has 152 valence electrons. The second-order valence-corrected chi connectivity index (χ2v) is 6.66. The zero-order chi connectivity index (χ0) is 20.1. The molecule has 0 bridgehead atoms. The fraction of sp³-hybridized carbons (Fsp3) is 0.421. The van der Waals surface area contributed by atoms with Crippen LogP contribution in [0.1, 0.15) is 12.0 Å². The number of nitrogens with one attached hydrogen (secondary N) is 2. The van der Waals surface area contributed by atoms with Crippen molar-refractivity contribution in [2.24, 2.45) is 0 Å². The van der Waals surface area contributed by atoms with E-state index in [4.69, 9.17) is 9.84 Å². The van der Waals surface area contributed by atoms with Crippen LogP contribution < -0.4 is 15.4 Å². The molecule has 1 amide bonds. The zero-order valence-corrected chi connectivity index (χ0v) is 15.1. The molecule has 1 fully saturated rings.